The molecule has 0 spiro atoms. The SMILES string of the molecule is COc1ccc(CN(Cc2ccc(OC)cc2)S(=O)(=O)c2ccc(-c3nc4cc(C)ccn4c3C[C@H]3CN(C(=O)OC(C)(C)C)CCO3)c(C(F)(F)F)c2)cc1. The smallest absolute Gasteiger partial charge is 0.417 e. The molecule has 0 saturated carbocycles. The van der Waals surface area contributed by atoms with Gasteiger partial charge in [-0.1, -0.05) is 30.3 Å². The highest BCUT2D eigenvalue weighted by molar-refractivity contribution is 7.89. The number of methoxy groups -OCH3 is 2. The molecule has 1 aliphatic rings. The molecule has 15 heteroatoms. The zero-order valence-electron chi connectivity index (χ0n) is 32.1. The van der Waals surface area contributed by atoms with Crippen molar-refractivity contribution < 1.29 is 45.3 Å². The van der Waals surface area contributed by atoms with Crippen molar-refractivity contribution in [2.75, 3.05) is 33.9 Å². The number of aromatic nitrogens is 2. The fraction of sp³-hybridized carbons (Fsp3) is 0.366. The van der Waals surface area contributed by atoms with E-state index >= 15 is 13.2 Å². The van der Waals surface area contributed by atoms with E-state index in [0.29, 0.717) is 46.6 Å². The number of benzene rings is 3. The second-order valence-electron chi connectivity index (χ2n) is 14.6. The average molecular weight is 795 g/mol. The van der Waals surface area contributed by atoms with Crippen molar-refractivity contribution in [3.63, 3.8) is 0 Å². The van der Waals surface area contributed by atoms with Gasteiger partial charge in [-0.05, 0) is 92.9 Å². The highest BCUT2D eigenvalue weighted by atomic mass is 32.2. The molecule has 0 aliphatic carbocycles. The van der Waals surface area contributed by atoms with E-state index < -0.39 is 44.5 Å². The standard InChI is InChI=1S/C41H45F3N4O7S/c1-27-17-18-48-36(22-32-26-46(19-20-54-32)39(49)55-40(2,3)4)38(45-37(48)21-27)34-16-15-33(23-35(34)41(42,43)44)56(50,51)47(24-28-7-11-30(52-5)12-8-28)25-29-9-13-31(53-6)14-10-29/h7-18,21,23,32H,19-20,22,24-26H2,1-6H3/t32-/m0/s1. The third kappa shape index (κ3) is 9.28. The van der Waals surface area contributed by atoms with Gasteiger partial charge in [-0.25, -0.2) is 18.2 Å². The lowest BCUT2D eigenvalue weighted by atomic mass is 10.00. The van der Waals surface area contributed by atoms with Crippen LogP contribution in [0.25, 0.3) is 16.9 Å². The molecule has 0 radical (unpaired) electrons. The topological polar surface area (TPSA) is 112 Å². The summed E-state index contributed by atoms with van der Waals surface area (Å²) in [6, 6.07) is 20.2. The van der Waals surface area contributed by atoms with E-state index in [2.05, 4.69) is 4.98 Å². The number of hydrogen-bond donors (Lipinski definition) is 0. The van der Waals surface area contributed by atoms with Crippen molar-refractivity contribution in [3.05, 3.63) is 113 Å². The third-order valence-electron chi connectivity index (χ3n) is 9.32. The lowest BCUT2D eigenvalue weighted by Gasteiger charge is -2.34. The first-order chi connectivity index (χ1) is 26.4. The van der Waals surface area contributed by atoms with E-state index in [9.17, 15) is 13.2 Å². The monoisotopic (exact) mass is 794 g/mol. The van der Waals surface area contributed by atoms with E-state index in [0.717, 1.165) is 9.87 Å². The van der Waals surface area contributed by atoms with Crippen LogP contribution < -0.4 is 9.47 Å². The molecular formula is C41H45F3N4O7S. The first-order valence-electron chi connectivity index (χ1n) is 18.0. The molecule has 11 nitrogen and oxygen atoms in total. The van der Waals surface area contributed by atoms with Gasteiger partial charge in [0.05, 0.1) is 55.3 Å². The number of carbonyl (C=O) groups excluding carboxylic acids is 1. The number of sulfonamides is 1. The Morgan fingerprint density at radius 2 is 1.52 bits per heavy atom. The Hall–Kier alpha value is -5.12. The van der Waals surface area contributed by atoms with Crippen LogP contribution in [0.4, 0.5) is 18.0 Å². The molecule has 56 heavy (non-hydrogen) atoms. The minimum absolute atomic E-state index is 0.0261. The zero-order valence-corrected chi connectivity index (χ0v) is 32.9. The number of alkyl halides is 3. The molecule has 1 aliphatic heterocycles. The van der Waals surface area contributed by atoms with Gasteiger partial charge in [0.1, 0.15) is 22.7 Å². The Morgan fingerprint density at radius 3 is 2.07 bits per heavy atom. The number of fused-ring (bicyclic) bond motifs is 1. The predicted molar refractivity (Wildman–Crippen MR) is 204 cm³/mol. The van der Waals surface area contributed by atoms with Crippen molar-refractivity contribution in [3.8, 4) is 22.8 Å². The van der Waals surface area contributed by atoms with Gasteiger partial charge < -0.3 is 28.2 Å². The second-order valence-corrected chi connectivity index (χ2v) is 16.6. The fourth-order valence-electron chi connectivity index (χ4n) is 6.53. The van der Waals surface area contributed by atoms with E-state index in [-0.39, 0.29) is 43.9 Å². The molecule has 5 aromatic rings. The number of rotatable bonds is 11. The Kier molecular flexibility index (Phi) is 11.7. The Balaban J connectivity index is 1.40. The summed E-state index contributed by atoms with van der Waals surface area (Å²) >= 11 is 0. The maximum Gasteiger partial charge on any atom is 0.417 e. The van der Waals surface area contributed by atoms with Crippen LogP contribution in [0, 0.1) is 6.92 Å². The Labute approximate surface area is 324 Å². The lowest BCUT2D eigenvalue weighted by Crippen LogP contribution is -2.48. The summed E-state index contributed by atoms with van der Waals surface area (Å²) in [5.74, 6) is 1.14. The molecule has 298 valence electrons. The number of hydrogen-bond acceptors (Lipinski definition) is 8. The molecule has 0 bridgehead atoms. The zero-order chi connectivity index (χ0) is 40.4. The van der Waals surface area contributed by atoms with Crippen LogP contribution in [-0.4, -0.2) is 78.7 Å². The van der Waals surface area contributed by atoms with Crippen molar-refractivity contribution in [2.24, 2.45) is 0 Å². The minimum Gasteiger partial charge on any atom is -0.497 e. The molecule has 3 heterocycles. The van der Waals surface area contributed by atoms with Crippen LogP contribution in [0.1, 0.15) is 48.7 Å². The quantitative estimate of drug-likeness (QED) is 0.133. The van der Waals surface area contributed by atoms with Gasteiger partial charge in [0, 0.05) is 37.8 Å². The number of carbonyl (C=O) groups is 1. The van der Waals surface area contributed by atoms with Gasteiger partial charge in [0.2, 0.25) is 10.0 Å². The van der Waals surface area contributed by atoms with Gasteiger partial charge in [0.25, 0.3) is 0 Å². The van der Waals surface area contributed by atoms with E-state index in [1.165, 1.54) is 31.3 Å². The van der Waals surface area contributed by atoms with Gasteiger partial charge in [-0.15, -0.1) is 0 Å². The number of nitrogens with zero attached hydrogens (tertiary/aromatic N) is 4. The fourth-order valence-corrected chi connectivity index (χ4v) is 7.97. The molecular weight excluding hydrogens is 750 g/mol. The molecule has 1 atom stereocenters. The molecule has 1 saturated heterocycles. The summed E-state index contributed by atoms with van der Waals surface area (Å²) in [6.45, 7) is 7.55. The van der Waals surface area contributed by atoms with Crippen molar-refractivity contribution in [2.45, 2.75) is 70.0 Å². The van der Waals surface area contributed by atoms with Crippen LogP contribution in [0.3, 0.4) is 0 Å². The molecule has 0 N–H and O–H groups in total. The summed E-state index contributed by atoms with van der Waals surface area (Å²) in [5.41, 5.74) is 0.745. The summed E-state index contributed by atoms with van der Waals surface area (Å²) in [7, 11) is -1.50. The number of pyridine rings is 1. The highest BCUT2D eigenvalue weighted by Gasteiger charge is 2.38. The first-order valence-corrected chi connectivity index (χ1v) is 19.4. The number of ether oxygens (including phenoxy) is 4. The van der Waals surface area contributed by atoms with Crippen molar-refractivity contribution in [1.29, 1.82) is 0 Å². The molecule has 3 aromatic carbocycles. The molecule has 0 unspecified atom stereocenters. The summed E-state index contributed by atoms with van der Waals surface area (Å²) < 4.78 is 99.3. The largest absolute Gasteiger partial charge is 0.497 e. The Bertz CT molecular complexity index is 2240. The Morgan fingerprint density at radius 1 is 0.911 bits per heavy atom. The minimum atomic E-state index is -4.96. The van der Waals surface area contributed by atoms with E-state index in [1.807, 2.05) is 13.0 Å². The van der Waals surface area contributed by atoms with Gasteiger partial charge >= 0.3 is 12.3 Å². The van der Waals surface area contributed by atoms with Gasteiger partial charge in [-0.2, -0.15) is 17.5 Å². The summed E-state index contributed by atoms with van der Waals surface area (Å²) in [5, 5.41) is 0. The lowest BCUT2D eigenvalue weighted by molar-refractivity contribution is -0.137. The molecule has 1 amide bonds. The van der Waals surface area contributed by atoms with E-state index in [1.54, 1.807) is 86.0 Å². The van der Waals surface area contributed by atoms with Crippen LogP contribution in [0.5, 0.6) is 11.5 Å². The van der Waals surface area contributed by atoms with Crippen LogP contribution >= 0.6 is 0 Å². The molecule has 6 rings (SSSR count). The second kappa shape index (κ2) is 16.2. The van der Waals surface area contributed by atoms with Crippen molar-refractivity contribution in [1.82, 2.24) is 18.6 Å². The van der Waals surface area contributed by atoms with E-state index in [4.69, 9.17) is 18.9 Å². The average Bonchev–Trinajstić information content (AvgIpc) is 3.50. The van der Waals surface area contributed by atoms with Crippen LogP contribution in [0.15, 0.2) is 90.0 Å². The molecule has 1 fully saturated rings. The number of imidazole rings is 1. The maximum absolute atomic E-state index is 15.2. The summed E-state index contributed by atoms with van der Waals surface area (Å²) in [6.07, 6.45) is -4.23. The number of aryl methyl sites for hydroxylation is 1. The normalized spacial score (nSPS) is 15.3. The maximum atomic E-state index is 15.2. The first kappa shape index (κ1) is 40.5. The number of amides is 1. The number of morpholine rings is 1. The van der Waals surface area contributed by atoms with Crippen LogP contribution in [-0.2, 0) is 45.2 Å². The third-order valence-corrected chi connectivity index (χ3v) is 11.1. The molecule has 2 aromatic heterocycles. The summed E-state index contributed by atoms with van der Waals surface area (Å²) in [4.78, 5) is 18.6. The van der Waals surface area contributed by atoms with Crippen LogP contribution in [0.2, 0.25) is 0 Å². The van der Waals surface area contributed by atoms with Crippen molar-refractivity contribution >= 4 is 21.8 Å². The van der Waals surface area contributed by atoms with Gasteiger partial charge in [-0.3, -0.25) is 0 Å². The van der Waals surface area contributed by atoms with Gasteiger partial charge in [0.15, 0.2) is 0 Å². The highest BCUT2D eigenvalue weighted by Crippen LogP contribution is 2.41. The predicted octanol–water partition coefficient (Wildman–Crippen LogP) is 7.92. The number of halogens is 3.